The number of halogens is 1. The van der Waals surface area contributed by atoms with Gasteiger partial charge < -0.3 is 10.1 Å². The number of nitrogens with two attached hydrogens (primary N) is 1. The number of amides is 1. The summed E-state index contributed by atoms with van der Waals surface area (Å²) in [7, 11) is -3.91. The number of hydrogen-bond acceptors (Lipinski definition) is 6. The second-order valence-corrected chi connectivity index (χ2v) is 7.90. The number of thiophene rings is 1. The molecule has 7 nitrogen and oxygen atoms in total. The number of primary sulfonamides is 1. The molecular formula is C15H15FN2O5S2. The first-order valence-electron chi connectivity index (χ1n) is 6.97. The second kappa shape index (κ2) is 7.30. The molecule has 1 heterocycles. The molecule has 0 spiro atoms. The molecule has 0 aliphatic carbocycles. The molecule has 2 aromatic rings. The van der Waals surface area contributed by atoms with Crippen molar-refractivity contribution in [1.82, 2.24) is 0 Å². The summed E-state index contributed by atoms with van der Waals surface area (Å²) in [5.41, 5.74) is 0.624. The molecule has 0 saturated heterocycles. The zero-order valence-electron chi connectivity index (χ0n) is 13.3. The first kappa shape index (κ1) is 19.0. The summed E-state index contributed by atoms with van der Waals surface area (Å²) in [5.74, 6) is -2.00. The Hall–Kier alpha value is -2.30. The average Bonchev–Trinajstić information content (AvgIpc) is 3.01. The predicted octanol–water partition coefficient (Wildman–Crippen LogP) is 2.03. The first-order valence-corrected chi connectivity index (χ1v) is 9.40. The fraction of sp³-hybridized carbons (Fsp3) is 0.200. The highest BCUT2D eigenvalue weighted by atomic mass is 32.2. The first-order chi connectivity index (χ1) is 11.6. The summed E-state index contributed by atoms with van der Waals surface area (Å²) in [6.07, 6.45) is -1.17. The number of sulfonamides is 1. The normalized spacial score (nSPS) is 12.5. The molecule has 0 aliphatic heterocycles. The van der Waals surface area contributed by atoms with E-state index < -0.39 is 33.8 Å². The number of esters is 1. The number of ether oxygens (including phenoxy) is 1. The molecule has 0 radical (unpaired) electrons. The molecule has 1 aromatic heterocycles. The molecule has 1 unspecified atom stereocenters. The second-order valence-electron chi connectivity index (χ2n) is 5.20. The summed E-state index contributed by atoms with van der Waals surface area (Å²) < 4.78 is 40.6. The van der Waals surface area contributed by atoms with E-state index in [1.54, 1.807) is 6.92 Å². The number of carbonyl (C=O) groups excluding carboxylic acids is 2. The number of carbonyl (C=O) groups is 2. The molecule has 1 aromatic carbocycles. The van der Waals surface area contributed by atoms with E-state index in [-0.39, 0.29) is 15.5 Å². The van der Waals surface area contributed by atoms with Crippen molar-refractivity contribution < 1.29 is 27.1 Å². The standard InChI is InChI=1S/C15H15FN2O5S2/c1-8-3-4-11(6-12(8)16)18-14(19)9(2)23-15(20)10-5-13(24-7-10)25(17,21)22/h3-7,9H,1-2H3,(H,18,19)(H2,17,21,22). The third-order valence-electron chi connectivity index (χ3n) is 3.18. The van der Waals surface area contributed by atoms with Crippen LogP contribution in [-0.4, -0.2) is 26.4 Å². The van der Waals surface area contributed by atoms with Gasteiger partial charge in [0.1, 0.15) is 10.0 Å². The van der Waals surface area contributed by atoms with Crippen LogP contribution in [0.4, 0.5) is 10.1 Å². The summed E-state index contributed by atoms with van der Waals surface area (Å²) in [6.45, 7) is 2.92. The monoisotopic (exact) mass is 386 g/mol. The van der Waals surface area contributed by atoms with Gasteiger partial charge in [0, 0.05) is 11.1 Å². The van der Waals surface area contributed by atoms with Gasteiger partial charge in [-0.05, 0) is 37.6 Å². The van der Waals surface area contributed by atoms with E-state index in [1.165, 1.54) is 24.4 Å². The minimum absolute atomic E-state index is 0.0324. The van der Waals surface area contributed by atoms with Crippen LogP contribution in [0.1, 0.15) is 22.8 Å². The van der Waals surface area contributed by atoms with E-state index in [1.807, 2.05) is 0 Å². The van der Waals surface area contributed by atoms with Gasteiger partial charge in [0.2, 0.25) is 10.0 Å². The van der Waals surface area contributed by atoms with Crippen molar-refractivity contribution in [2.75, 3.05) is 5.32 Å². The molecule has 1 atom stereocenters. The van der Waals surface area contributed by atoms with E-state index >= 15 is 0 Å². The highest BCUT2D eigenvalue weighted by Gasteiger charge is 2.22. The molecule has 134 valence electrons. The molecule has 0 bridgehead atoms. The number of anilines is 1. The Labute approximate surface area is 147 Å². The number of aryl methyl sites for hydroxylation is 1. The van der Waals surface area contributed by atoms with Crippen molar-refractivity contribution >= 4 is 38.9 Å². The molecule has 0 saturated carbocycles. The quantitative estimate of drug-likeness (QED) is 0.763. The number of hydrogen-bond donors (Lipinski definition) is 2. The van der Waals surface area contributed by atoms with Crippen LogP contribution in [0.2, 0.25) is 0 Å². The van der Waals surface area contributed by atoms with Gasteiger partial charge in [0.25, 0.3) is 5.91 Å². The fourth-order valence-electron chi connectivity index (χ4n) is 1.77. The van der Waals surface area contributed by atoms with Crippen LogP contribution < -0.4 is 10.5 Å². The lowest BCUT2D eigenvalue weighted by atomic mass is 10.2. The van der Waals surface area contributed by atoms with E-state index in [4.69, 9.17) is 9.88 Å². The third kappa shape index (κ3) is 4.84. The van der Waals surface area contributed by atoms with E-state index in [0.717, 1.165) is 23.5 Å². The van der Waals surface area contributed by atoms with Crippen molar-refractivity contribution in [2.24, 2.45) is 5.14 Å². The van der Waals surface area contributed by atoms with Gasteiger partial charge in [-0.2, -0.15) is 0 Å². The number of nitrogens with one attached hydrogen (secondary N) is 1. The predicted molar refractivity (Wildman–Crippen MR) is 90.3 cm³/mol. The van der Waals surface area contributed by atoms with Crippen molar-refractivity contribution in [3.8, 4) is 0 Å². The molecule has 1 amide bonds. The lowest BCUT2D eigenvalue weighted by molar-refractivity contribution is -0.123. The Balaban J connectivity index is 2.01. The minimum Gasteiger partial charge on any atom is -0.449 e. The SMILES string of the molecule is Cc1ccc(NC(=O)C(C)OC(=O)c2csc(S(N)(=O)=O)c2)cc1F. The zero-order chi connectivity index (χ0) is 18.8. The lowest BCUT2D eigenvalue weighted by Crippen LogP contribution is -2.30. The van der Waals surface area contributed by atoms with E-state index in [2.05, 4.69) is 5.32 Å². The van der Waals surface area contributed by atoms with Crippen LogP contribution in [-0.2, 0) is 19.6 Å². The van der Waals surface area contributed by atoms with Crippen LogP contribution in [0.25, 0.3) is 0 Å². The third-order valence-corrected chi connectivity index (χ3v) is 5.57. The van der Waals surface area contributed by atoms with E-state index in [0.29, 0.717) is 5.56 Å². The maximum Gasteiger partial charge on any atom is 0.339 e. The highest BCUT2D eigenvalue weighted by Crippen LogP contribution is 2.20. The molecule has 3 N–H and O–H groups in total. The molecule has 0 aliphatic rings. The van der Waals surface area contributed by atoms with Gasteiger partial charge in [-0.3, -0.25) is 4.79 Å². The summed E-state index contributed by atoms with van der Waals surface area (Å²) >= 11 is 0.770. The topological polar surface area (TPSA) is 116 Å². The average molecular weight is 386 g/mol. The maximum absolute atomic E-state index is 13.5. The van der Waals surface area contributed by atoms with Crippen molar-refractivity contribution in [2.45, 2.75) is 24.2 Å². The van der Waals surface area contributed by atoms with Gasteiger partial charge in [-0.1, -0.05) is 6.07 Å². The van der Waals surface area contributed by atoms with Crippen LogP contribution in [0, 0.1) is 12.7 Å². The van der Waals surface area contributed by atoms with Crippen molar-refractivity contribution in [3.63, 3.8) is 0 Å². The van der Waals surface area contributed by atoms with Gasteiger partial charge in [0.05, 0.1) is 5.56 Å². The van der Waals surface area contributed by atoms with Gasteiger partial charge in [0.15, 0.2) is 6.10 Å². The number of benzene rings is 1. The molecule has 0 fully saturated rings. The molecule has 10 heteroatoms. The van der Waals surface area contributed by atoms with Crippen LogP contribution >= 0.6 is 11.3 Å². The Morgan fingerprint density at radius 1 is 1.32 bits per heavy atom. The molecule has 25 heavy (non-hydrogen) atoms. The van der Waals surface area contributed by atoms with E-state index in [9.17, 15) is 22.4 Å². The zero-order valence-corrected chi connectivity index (χ0v) is 14.9. The Morgan fingerprint density at radius 3 is 2.56 bits per heavy atom. The minimum atomic E-state index is -3.91. The van der Waals surface area contributed by atoms with Crippen molar-refractivity contribution in [3.05, 3.63) is 46.6 Å². The van der Waals surface area contributed by atoms with Crippen molar-refractivity contribution in [1.29, 1.82) is 0 Å². The summed E-state index contributed by atoms with van der Waals surface area (Å²) in [6, 6.07) is 5.24. The Kier molecular flexibility index (Phi) is 5.55. The van der Waals surface area contributed by atoms with Crippen LogP contribution in [0.15, 0.2) is 33.9 Å². The van der Waals surface area contributed by atoms with Gasteiger partial charge in [-0.25, -0.2) is 22.7 Å². The molecule has 2 rings (SSSR count). The number of rotatable bonds is 5. The smallest absolute Gasteiger partial charge is 0.339 e. The van der Waals surface area contributed by atoms with Gasteiger partial charge in [-0.15, -0.1) is 11.3 Å². The van der Waals surface area contributed by atoms with Crippen LogP contribution in [0.3, 0.4) is 0 Å². The highest BCUT2D eigenvalue weighted by molar-refractivity contribution is 7.91. The fourth-order valence-corrected chi connectivity index (χ4v) is 3.34. The van der Waals surface area contributed by atoms with Crippen LogP contribution in [0.5, 0.6) is 0 Å². The summed E-state index contributed by atoms with van der Waals surface area (Å²) in [4.78, 5) is 24.0. The maximum atomic E-state index is 13.5. The molecular weight excluding hydrogens is 371 g/mol. The Bertz CT molecular complexity index is 924. The van der Waals surface area contributed by atoms with Gasteiger partial charge >= 0.3 is 5.97 Å². The lowest BCUT2D eigenvalue weighted by Gasteiger charge is -2.13. The summed E-state index contributed by atoms with van der Waals surface area (Å²) in [5, 5.41) is 8.66. The largest absolute Gasteiger partial charge is 0.449 e. The Morgan fingerprint density at radius 2 is 2.00 bits per heavy atom.